The van der Waals surface area contributed by atoms with Crippen LogP contribution >= 0.6 is 27.3 Å². The lowest BCUT2D eigenvalue weighted by Gasteiger charge is -2.08. The van der Waals surface area contributed by atoms with Crippen LogP contribution in [0.4, 0.5) is 5.69 Å². The Balaban J connectivity index is 2.03. The summed E-state index contributed by atoms with van der Waals surface area (Å²) in [5.74, 6) is 5.14. The van der Waals surface area contributed by atoms with Crippen molar-refractivity contribution in [2.24, 2.45) is 5.84 Å². The maximum Gasteiger partial charge on any atom is 0.253 e. The van der Waals surface area contributed by atoms with E-state index >= 15 is 0 Å². The molecule has 0 atom stereocenters. The van der Waals surface area contributed by atoms with Gasteiger partial charge in [-0.15, -0.1) is 11.3 Å². The molecule has 0 aliphatic carbocycles. The molecule has 1 amide bonds. The zero-order valence-electron chi connectivity index (χ0n) is 9.31. The molecule has 2 rings (SSSR count). The van der Waals surface area contributed by atoms with E-state index in [1.54, 1.807) is 23.6 Å². The predicted octanol–water partition coefficient (Wildman–Crippen LogP) is 2.12. The summed E-state index contributed by atoms with van der Waals surface area (Å²) in [6, 6.07) is 5.53. The summed E-state index contributed by atoms with van der Waals surface area (Å²) in [6.45, 7) is 0.488. The van der Waals surface area contributed by atoms with Crippen LogP contribution in [0, 0.1) is 0 Å². The second kappa shape index (κ2) is 5.94. The molecular formula is C11H11BrN4OS. The van der Waals surface area contributed by atoms with Gasteiger partial charge in [0.05, 0.1) is 27.8 Å². The number of nitrogen functional groups attached to an aromatic ring is 1. The van der Waals surface area contributed by atoms with Crippen molar-refractivity contribution in [3.8, 4) is 0 Å². The summed E-state index contributed by atoms with van der Waals surface area (Å²) < 4.78 is 1.04. The molecule has 2 aromatic rings. The number of thiophene rings is 1. The van der Waals surface area contributed by atoms with E-state index in [1.807, 2.05) is 12.1 Å². The van der Waals surface area contributed by atoms with Crippen LogP contribution in [0.15, 0.2) is 34.4 Å². The van der Waals surface area contributed by atoms with Gasteiger partial charge in [0.25, 0.3) is 5.91 Å². The number of carbonyl (C=O) groups is 1. The van der Waals surface area contributed by atoms with Crippen molar-refractivity contribution in [1.29, 1.82) is 0 Å². The number of rotatable bonds is 4. The first-order chi connectivity index (χ1) is 8.70. The lowest BCUT2D eigenvalue weighted by molar-refractivity contribution is 0.0952. The van der Waals surface area contributed by atoms with Gasteiger partial charge in [0, 0.05) is 11.1 Å². The summed E-state index contributed by atoms with van der Waals surface area (Å²) in [6.07, 6.45) is 3.06. The SMILES string of the molecule is NNc1cnccc1C(=O)NCc1ccc(Br)s1. The first-order valence-electron chi connectivity index (χ1n) is 5.13. The fraction of sp³-hybridized carbons (Fsp3) is 0.0909. The third-order valence-electron chi connectivity index (χ3n) is 2.27. The van der Waals surface area contributed by atoms with E-state index in [0.29, 0.717) is 17.8 Å². The number of halogens is 1. The van der Waals surface area contributed by atoms with Crippen LogP contribution in [0.3, 0.4) is 0 Å². The van der Waals surface area contributed by atoms with Crippen molar-refractivity contribution < 1.29 is 4.79 Å². The van der Waals surface area contributed by atoms with Crippen molar-refractivity contribution in [3.05, 3.63) is 44.8 Å². The molecule has 18 heavy (non-hydrogen) atoms. The van der Waals surface area contributed by atoms with Crippen LogP contribution < -0.4 is 16.6 Å². The number of hydrogen-bond acceptors (Lipinski definition) is 5. The molecule has 0 saturated heterocycles. The molecule has 0 saturated carbocycles. The number of nitrogens with one attached hydrogen (secondary N) is 2. The molecule has 0 aliphatic rings. The van der Waals surface area contributed by atoms with Gasteiger partial charge in [-0.2, -0.15) is 0 Å². The Labute approximate surface area is 117 Å². The van der Waals surface area contributed by atoms with Crippen LogP contribution in [0.5, 0.6) is 0 Å². The first-order valence-corrected chi connectivity index (χ1v) is 6.74. The number of aromatic nitrogens is 1. The highest BCUT2D eigenvalue weighted by Crippen LogP contribution is 2.22. The van der Waals surface area contributed by atoms with Crippen LogP contribution in [-0.2, 0) is 6.54 Å². The molecule has 4 N–H and O–H groups in total. The molecule has 0 bridgehead atoms. The predicted molar refractivity (Wildman–Crippen MR) is 75.2 cm³/mol. The van der Waals surface area contributed by atoms with Gasteiger partial charge < -0.3 is 10.7 Å². The Bertz CT molecular complexity index is 557. The Morgan fingerprint density at radius 2 is 2.28 bits per heavy atom. The zero-order valence-corrected chi connectivity index (χ0v) is 11.7. The molecule has 94 valence electrons. The number of nitrogens with two attached hydrogens (primary N) is 1. The second-order valence-electron chi connectivity index (χ2n) is 3.45. The van der Waals surface area contributed by atoms with E-state index < -0.39 is 0 Å². The Morgan fingerprint density at radius 1 is 1.44 bits per heavy atom. The second-order valence-corrected chi connectivity index (χ2v) is 6.00. The van der Waals surface area contributed by atoms with E-state index in [1.165, 1.54) is 6.20 Å². The highest BCUT2D eigenvalue weighted by molar-refractivity contribution is 9.11. The molecule has 5 nitrogen and oxygen atoms in total. The number of hydrogen-bond donors (Lipinski definition) is 3. The number of amides is 1. The summed E-state index contributed by atoms with van der Waals surface area (Å²) in [5.41, 5.74) is 3.43. The van der Waals surface area contributed by atoms with Gasteiger partial charge in [-0.3, -0.25) is 15.6 Å². The fourth-order valence-electron chi connectivity index (χ4n) is 1.42. The number of hydrazine groups is 1. The maximum absolute atomic E-state index is 12.0. The Hall–Kier alpha value is -1.44. The van der Waals surface area contributed by atoms with Gasteiger partial charge in [-0.1, -0.05) is 0 Å². The third-order valence-corrected chi connectivity index (χ3v) is 3.90. The standard InChI is InChI=1S/C11H11BrN4OS/c12-10-2-1-7(18-10)5-15-11(17)8-3-4-14-6-9(8)16-13/h1-4,6,16H,5,13H2,(H,15,17). The lowest BCUT2D eigenvalue weighted by Crippen LogP contribution is -2.24. The van der Waals surface area contributed by atoms with Crippen molar-refractivity contribution in [3.63, 3.8) is 0 Å². The number of anilines is 1. The van der Waals surface area contributed by atoms with Crippen molar-refractivity contribution >= 4 is 38.9 Å². The number of carbonyl (C=O) groups excluding carboxylic acids is 1. The molecular weight excluding hydrogens is 316 g/mol. The minimum absolute atomic E-state index is 0.185. The van der Waals surface area contributed by atoms with Gasteiger partial charge in [-0.25, -0.2) is 0 Å². The lowest BCUT2D eigenvalue weighted by atomic mass is 10.2. The van der Waals surface area contributed by atoms with E-state index in [9.17, 15) is 4.79 Å². The highest BCUT2D eigenvalue weighted by Gasteiger charge is 2.10. The topological polar surface area (TPSA) is 80.0 Å². The van der Waals surface area contributed by atoms with Crippen LogP contribution in [0.25, 0.3) is 0 Å². The van der Waals surface area contributed by atoms with E-state index in [2.05, 4.69) is 31.7 Å². The van der Waals surface area contributed by atoms with Gasteiger partial charge in [-0.05, 0) is 34.1 Å². The summed E-state index contributed by atoms with van der Waals surface area (Å²) in [7, 11) is 0. The number of nitrogens with zero attached hydrogens (tertiary/aromatic N) is 1. The summed E-state index contributed by atoms with van der Waals surface area (Å²) >= 11 is 4.96. The van der Waals surface area contributed by atoms with Gasteiger partial charge >= 0.3 is 0 Å². The molecule has 0 unspecified atom stereocenters. The maximum atomic E-state index is 12.0. The Morgan fingerprint density at radius 3 is 2.94 bits per heavy atom. The van der Waals surface area contributed by atoms with Crippen LogP contribution in [0.2, 0.25) is 0 Å². The normalized spacial score (nSPS) is 10.1. The molecule has 0 spiro atoms. The molecule has 2 aromatic heterocycles. The minimum atomic E-state index is -0.185. The summed E-state index contributed by atoms with van der Waals surface area (Å²) in [5, 5.41) is 2.83. The molecule has 0 radical (unpaired) electrons. The van der Waals surface area contributed by atoms with Gasteiger partial charge in [0.1, 0.15) is 0 Å². The molecule has 0 aromatic carbocycles. The Kier molecular flexibility index (Phi) is 4.29. The van der Waals surface area contributed by atoms with Crippen molar-refractivity contribution in [1.82, 2.24) is 10.3 Å². The molecule has 0 aliphatic heterocycles. The average Bonchev–Trinajstić information content (AvgIpc) is 2.81. The van der Waals surface area contributed by atoms with Crippen LogP contribution in [-0.4, -0.2) is 10.9 Å². The smallest absolute Gasteiger partial charge is 0.253 e. The summed E-state index contributed by atoms with van der Waals surface area (Å²) in [4.78, 5) is 16.9. The molecule has 7 heteroatoms. The van der Waals surface area contributed by atoms with E-state index in [-0.39, 0.29) is 5.91 Å². The van der Waals surface area contributed by atoms with Crippen molar-refractivity contribution in [2.45, 2.75) is 6.54 Å². The van der Waals surface area contributed by atoms with Gasteiger partial charge in [0.2, 0.25) is 0 Å². The minimum Gasteiger partial charge on any atom is -0.347 e. The highest BCUT2D eigenvalue weighted by atomic mass is 79.9. The average molecular weight is 327 g/mol. The molecule has 0 fully saturated rings. The van der Waals surface area contributed by atoms with E-state index in [4.69, 9.17) is 5.84 Å². The largest absolute Gasteiger partial charge is 0.347 e. The zero-order chi connectivity index (χ0) is 13.0. The van der Waals surface area contributed by atoms with Gasteiger partial charge in [0.15, 0.2) is 0 Å². The molecule has 2 heterocycles. The number of pyridine rings is 1. The van der Waals surface area contributed by atoms with Crippen molar-refractivity contribution in [2.75, 3.05) is 5.43 Å². The van der Waals surface area contributed by atoms with Crippen LogP contribution in [0.1, 0.15) is 15.2 Å². The fourth-order valence-corrected chi connectivity index (χ4v) is 2.84. The van der Waals surface area contributed by atoms with E-state index in [0.717, 1.165) is 8.66 Å². The first kappa shape index (κ1) is 13.0. The third kappa shape index (κ3) is 3.06. The quantitative estimate of drug-likeness (QED) is 0.594. The monoisotopic (exact) mass is 326 g/mol.